The summed E-state index contributed by atoms with van der Waals surface area (Å²) in [5, 5.41) is 3.31. The zero-order chi connectivity index (χ0) is 15.4. The lowest BCUT2D eigenvalue weighted by atomic mass is 10.0. The van der Waals surface area contributed by atoms with E-state index in [2.05, 4.69) is 38.2 Å². The summed E-state index contributed by atoms with van der Waals surface area (Å²) < 4.78 is 13.1. The lowest BCUT2D eigenvalue weighted by Gasteiger charge is -2.33. The van der Waals surface area contributed by atoms with Gasteiger partial charge >= 0.3 is 0 Å². The first-order valence-electron chi connectivity index (χ1n) is 7.69. The Morgan fingerprint density at radius 1 is 1.27 bits per heavy atom. The molecule has 0 aliphatic carbocycles. The number of aryl methyl sites for hydroxylation is 1. The number of pyridine rings is 1. The van der Waals surface area contributed by atoms with Crippen molar-refractivity contribution < 1.29 is 4.39 Å². The predicted molar refractivity (Wildman–Crippen MR) is 84.5 cm³/mol. The lowest BCUT2D eigenvalue weighted by molar-refractivity contribution is 0.519. The highest BCUT2D eigenvalue weighted by molar-refractivity contribution is 5.41. The van der Waals surface area contributed by atoms with E-state index in [0.29, 0.717) is 11.9 Å². The molecule has 1 saturated heterocycles. The highest BCUT2D eigenvalue weighted by Gasteiger charge is 2.20. The number of piperidine rings is 1. The van der Waals surface area contributed by atoms with Crippen molar-refractivity contribution in [2.75, 3.05) is 23.3 Å². The molecule has 2 aromatic heterocycles. The minimum atomic E-state index is -0.449. The Bertz CT molecular complexity index is 625. The van der Waals surface area contributed by atoms with Crippen molar-refractivity contribution in [2.24, 2.45) is 0 Å². The summed E-state index contributed by atoms with van der Waals surface area (Å²) >= 11 is 0. The Morgan fingerprint density at radius 2 is 2.09 bits per heavy atom. The normalized spacial score (nSPS) is 15.8. The molecule has 0 bridgehead atoms. The topological polar surface area (TPSA) is 53.9 Å². The van der Waals surface area contributed by atoms with E-state index >= 15 is 0 Å². The van der Waals surface area contributed by atoms with E-state index in [0.717, 1.165) is 43.9 Å². The van der Waals surface area contributed by atoms with Gasteiger partial charge in [0.25, 0.3) is 0 Å². The van der Waals surface area contributed by atoms with Crippen molar-refractivity contribution in [1.82, 2.24) is 15.0 Å². The Balaban J connectivity index is 1.58. The van der Waals surface area contributed by atoms with Gasteiger partial charge in [0.1, 0.15) is 18.0 Å². The molecule has 1 aliphatic heterocycles. The number of halogens is 1. The summed E-state index contributed by atoms with van der Waals surface area (Å²) in [6.07, 6.45) is 4.50. The molecule has 0 atom stereocenters. The van der Waals surface area contributed by atoms with Crippen LogP contribution in [0.3, 0.4) is 0 Å². The van der Waals surface area contributed by atoms with Gasteiger partial charge in [-0.3, -0.25) is 0 Å². The first kappa shape index (κ1) is 14.7. The van der Waals surface area contributed by atoms with Gasteiger partial charge in [-0.1, -0.05) is 13.0 Å². The third kappa shape index (κ3) is 3.50. The number of rotatable bonds is 4. The number of nitrogens with one attached hydrogen (secondary N) is 1. The van der Waals surface area contributed by atoms with Crippen LogP contribution in [-0.4, -0.2) is 34.1 Å². The fourth-order valence-electron chi connectivity index (χ4n) is 2.70. The Labute approximate surface area is 129 Å². The van der Waals surface area contributed by atoms with E-state index in [-0.39, 0.29) is 0 Å². The molecule has 3 rings (SSSR count). The van der Waals surface area contributed by atoms with E-state index in [9.17, 15) is 4.39 Å². The maximum atomic E-state index is 13.1. The smallest absolute Gasteiger partial charge is 0.214 e. The van der Waals surface area contributed by atoms with Crippen LogP contribution in [0.1, 0.15) is 25.5 Å². The van der Waals surface area contributed by atoms with Crippen LogP contribution in [-0.2, 0) is 6.42 Å². The molecule has 0 spiro atoms. The van der Waals surface area contributed by atoms with Crippen LogP contribution in [0.25, 0.3) is 0 Å². The quantitative estimate of drug-likeness (QED) is 0.880. The van der Waals surface area contributed by atoms with E-state index < -0.39 is 5.95 Å². The van der Waals surface area contributed by atoms with Crippen molar-refractivity contribution >= 4 is 11.6 Å². The molecule has 3 heterocycles. The molecule has 0 unspecified atom stereocenters. The first-order chi connectivity index (χ1) is 10.7. The van der Waals surface area contributed by atoms with Gasteiger partial charge in [0.2, 0.25) is 5.95 Å². The monoisotopic (exact) mass is 301 g/mol. The fourth-order valence-corrected chi connectivity index (χ4v) is 2.70. The van der Waals surface area contributed by atoms with Crippen LogP contribution in [0.5, 0.6) is 0 Å². The molecular weight excluding hydrogens is 281 g/mol. The Hall–Kier alpha value is -2.24. The molecule has 0 aromatic carbocycles. The lowest BCUT2D eigenvalue weighted by Crippen LogP contribution is -2.39. The minimum absolute atomic E-state index is 0.318. The van der Waals surface area contributed by atoms with Gasteiger partial charge in [0, 0.05) is 30.9 Å². The molecule has 22 heavy (non-hydrogen) atoms. The van der Waals surface area contributed by atoms with Gasteiger partial charge in [-0.2, -0.15) is 4.39 Å². The van der Waals surface area contributed by atoms with Crippen molar-refractivity contribution in [3.63, 3.8) is 0 Å². The maximum absolute atomic E-state index is 13.1. The van der Waals surface area contributed by atoms with Crippen LogP contribution >= 0.6 is 0 Å². The van der Waals surface area contributed by atoms with Gasteiger partial charge in [0.05, 0.1) is 0 Å². The second-order valence-electron chi connectivity index (χ2n) is 5.47. The highest BCUT2D eigenvalue weighted by atomic mass is 19.1. The van der Waals surface area contributed by atoms with E-state index in [1.54, 1.807) is 18.5 Å². The molecule has 0 radical (unpaired) electrons. The fraction of sp³-hybridized carbons (Fsp3) is 0.438. The summed E-state index contributed by atoms with van der Waals surface area (Å²) in [5.74, 6) is 1.15. The number of hydrogen-bond acceptors (Lipinski definition) is 5. The van der Waals surface area contributed by atoms with Crippen LogP contribution < -0.4 is 10.2 Å². The van der Waals surface area contributed by atoms with Crippen LogP contribution in [0.2, 0.25) is 0 Å². The second kappa shape index (κ2) is 6.68. The second-order valence-corrected chi connectivity index (χ2v) is 5.47. The molecule has 0 saturated carbocycles. The Morgan fingerprint density at radius 3 is 2.82 bits per heavy atom. The SMILES string of the molecule is CCc1cc(N2CCC(Nc3cccc(F)n3)CC2)ncn1. The Kier molecular flexibility index (Phi) is 4.46. The average Bonchev–Trinajstić information content (AvgIpc) is 2.56. The molecule has 6 heteroatoms. The van der Waals surface area contributed by atoms with Crippen molar-refractivity contribution in [1.29, 1.82) is 0 Å². The maximum Gasteiger partial charge on any atom is 0.214 e. The van der Waals surface area contributed by atoms with Crippen LogP contribution in [0.15, 0.2) is 30.6 Å². The molecule has 1 fully saturated rings. The van der Waals surface area contributed by atoms with Crippen molar-refractivity contribution in [3.05, 3.63) is 42.2 Å². The summed E-state index contributed by atoms with van der Waals surface area (Å²) in [6.45, 7) is 3.94. The predicted octanol–water partition coefficient (Wildman–Crippen LogP) is 2.65. The molecule has 1 aliphatic rings. The van der Waals surface area contributed by atoms with Gasteiger partial charge in [-0.05, 0) is 31.4 Å². The highest BCUT2D eigenvalue weighted by Crippen LogP contribution is 2.20. The van der Waals surface area contributed by atoms with E-state index in [1.807, 2.05) is 0 Å². The molecule has 5 nitrogen and oxygen atoms in total. The van der Waals surface area contributed by atoms with Crippen LogP contribution in [0, 0.1) is 5.95 Å². The largest absolute Gasteiger partial charge is 0.367 e. The summed E-state index contributed by atoms with van der Waals surface area (Å²) in [4.78, 5) is 14.7. The van der Waals surface area contributed by atoms with E-state index in [1.165, 1.54) is 6.07 Å². The third-order valence-electron chi connectivity index (χ3n) is 3.96. The zero-order valence-corrected chi connectivity index (χ0v) is 12.7. The number of anilines is 2. The van der Waals surface area contributed by atoms with Crippen molar-refractivity contribution in [2.45, 2.75) is 32.2 Å². The van der Waals surface area contributed by atoms with E-state index in [4.69, 9.17) is 0 Å². The summed E-state index contributed by atoms with van der Waals surface area (Å²) in [5.41, 5.74) is 1.06. The zero-order valence-electron chi connectivity index (χ0n) is 12.7. The molecule has 1 N–H and O–H groups in total. The average molecular weight is 301 g/mol. The van der Waals surface area contributed by atoms with Gasteiger partial charge in [-0.25, -0.2) is 15.0 Å². The first-order valence-corrected chi connectivity index (χ1v) is 7.69. The standard InChI is InChI=1S/C16H20FN5/c1-2-12-10-16(19-11-18-12)22-8-6-13(7-9-22)20-15-5-3-4-14(17)21-15/h3-5,10-11,13H,2,6-9H2,1H3,(H,20,21). The number of hydrogen-bond donors (Lipinski definition) is 1. The molecule has 2 aromatic rings. The number of nitrogens with zero attached hydrogens (tertiary/aromatic N) is 4. The van der Waals surface area contributed by atoms with Crippen LogP contribution in [0.4, 0.5) is 16.0 Å². The van der Waals surface area contributed by atoms with Gasteiger partial charge in [0.15, 0.2) is 0 Å². The molecular formula is C16H20FN5. The minimum Gasteiger partial charge on any atom is -0.367 e. The van der Waals surface area contributed by atoms with Crippen molar-refractivity contribution in [3.8, 4) is 0 Å². The molecule has 116 valence electrons. The molecule has 0 amide bonds. The third-order valence-corrected chi connectivity index (χ3v) is 3.96. The number of aromatic nitrogens is 3. The summed E-state index contributed by atoms with van der Waals surface area (Å²) in [6, 6.07) is 7.20. The summed E-state index contributed by atoms with van der Waals surface area (Å²) in [7, 11) is 0. The van der Waals surface area contributed by atoms with Gasteiger partial charge < -0.3 is 10.2 Å². The van der Waals surface area contributed by atoms with Gasteiger partial charge in [-0.15, -0.1) is 0 Å².